The zero-order valence-corrected chi connectivity index (χ0v) is 18.8. The quantitative estimate of drug-likeness (QED) is 0.468. The first kappa shape index (κ1) is 25.3. The highest BCUT2D eigenvalue weighted by atomic mass is 19.4. The van der Waals surface area contributed by atoms with E-state index >= 15 is 0 Å². The van der Waals surface area contributed by atoms with E-state index in [0.717, 1.165) is 0 Å². The number of fused-ring (bicyclic) bond motifs is 1. The predicted molar refractivity (Wildman–Crippen MR) is 119 cm³/mol. The van der Waals surface area contributed by atoms with Crippen molar-refractivity contribution in [3.63, 3.8) is 0 Å². The van der Waals surface area contributed by atoms with Gasteiger partial charge in [0.2, 0.25) is 0 Å². The molecule has 0 fully saturated rings. The highest BCUT2D eigenvalue weighted by Gasteiger charge is 2.31. The van der Waals surface area contributed by atoms with Gasteiger partial charge >= 0.3 is 12.5 Å². The van der Waals surface area contributed by atoms with Crippen molar-refractivity contribution in [2.45, 2.75) is 45.4 Å². The number of nitrogens with one attached hydrogen (secondary N) is 1. The maximum absolute atomic E-state index is 12.5. The molecule has 0 aliphatic carbocycles. The number of hydrogen-bond acceptors (Lipinski definition) is 6. The third-order valence-corrected chi connectivity index (χ3v) is 4.74. The van der Waals surface area contributed by atoms with Gasteiger partial charge in [-0.15, -0.1) is 13.2 Å². The van der Waals surface area contributed by atoms with Crippen LogP contribution < -0.4 is 10.1 Å². The lowest BCUT2D eigenvalue weighted by molar-refractivity contribution is -0.274. The van der Waals surface area contributed by atoms with Crippen LogP contribution in [0.5, 0.6) is 5.75 Å². The Hall–Kier alpha value is -3.37. The van der Waals surface area contributed by atoms with Crippen LogP contribution >= 0.6 is 0 Å². The molecule has 3 aromatic rings. The summed E-state index contributed by atoms with van der Waals surface area (Å²) >= 11 is 0. The lowest BCUT2D eigenvalue weighted by Gasteiger charge is -2.22. The van der Waals surface area contributed by atoms with Gasteiger partial charge in [0, 0.05) is 23.7 Å². The number of pyridine rings is 1. The Balaban J connectivity index is 2.07. The molecular formula is C24H25F3N2O5. The van der Waals surface area contributed by atoms with E-state index in [1.165, 1.54) is 30.5 Å². The highest BCUT2D eigenvalue weighted by molar-refractivity contribution is 5.97. The molecule has 0 aliphatic heterocycles. The van der Waals surface area contributed by atoms with Gasteiger partial charge in [-0.3, -0.25) is 4.98 Å². The summed E-state index contributed by atoms with van der Waals surface area (Å²) < 4.78 is 46.7. The Kier molecular flexibility index (Phi) is 7.32. The van der Waals surface area contributed by atoms with Gasteiger partial charge in [-0.05, 0) is 61.7 Å². The summed E-state index contributed by atoms with van der Waals surface area (Å²) in [6.07, 6.45) is -5.23. The van der Waals surface area contributed by atoms with Crippen LogP contribution in [0.3, 0.4) is 0 Å². The third kappa shape index (κ3) is 6.36. The number of hydrogen-bond donors (Lipinski definition) is 3. The second-order valence-corrected chi connectivity index (χ2v) is 8.52. The van der Waals surface area contributed by atoms with Crippen molar-refractivity contribution in [1.29, 1.82) is 0 Å². The molecule has 2 aromatic carbocycles. The SMILES string of the molecule is CC(C)(C)OC(=O)NCc1cc(-c2ccc(OC(F)(F)F)cc2)c2cccnc2c1C(O)CO. The van der Waals surface area contributed by atoms with Crippen molar-refractivity contribution in [3.8, 4) is 16.9 Å². The fourth-order valence-electron chi connectivity index (χ4n) is 3.49. The van der Waals surface area contributed by atoms with E-state index in [1.54, 1.807) is 39.0 Å². The Morgan fingerprint density at radius 1 is 1.15 bits per heavy atom. The fourth-order valence-corrected chi connectivity index (χ4v) is 3.49. The lowest BCUT2D eigenvalue weighted by atomic mass is 9.91. The summed E-state index contributed by atoms with van der Waals surface area (Å²) in [7, 11) is 0. The number of aliphatic hydroxyl groups is 2. The second-order valence-electron chi connectivity index (χ2n) is 8.52. The number of aromatic nitrogens is 1. The fraction of sp³-hybridized carbons (Fsp3) is 0.333. The predicted octanol–water partition coefficient (Wildman–Crippen LogP) is 4.85. The van der Waals surface area contributed by atoms with Gasteiger partial charge in [0.25, 0.3) is 0 Å². The summed E-state index contributed by atoms with van der Waals surface area (Å²) in [5, 5.41) is 23.4. The summed E-state index contributed by atoms with van der Waals surface area (Å²) in [6.45, 7) is 4.54. The lowest BCUT2D eigenvalue weighted by Crippen LogP contribution is -2.32. The number of ether oxygens (including phenoxy) is 2. The number of aliphatic hydroxyl groups excluding tert-OH is 2. The Morgan fingerprint density at radius 3 is 2.41 bits per heavy atom. The van der Waals surface area contributed by atoms with Crippen LogP contribution in [0.2, 0.25) is 0 Å². The van der Waals surface area contributed by atoms with Crippen molar-refractivity contribution < 1.29 is 37.7 Å². The minimum atomic E-state index is -4.80. The number of nitrogens with zero attached hydrogens (tertiary/aromatic N) is 1. The minimum Gasteiger partial charge on any atom is -0.444 e. The molecule has 1 aromatic heterocycles. The minimum absolute atomic E-state index is 0.0455. The molecule has 0 radical (unpaired) electrons. The van der Waals surface area contributed by atoms with Crippen molar-refractivity contribution in [1.82, 2.24) is 10.3 Å². The highest BCUT2D eigenvalue weighted by Crippen LogP contribution is 2.36. The van der Waals surface area contributed by atoms with Crippen molar-refractivity contribution in [2.75, 3.05) is 6.61 Å². The Labute approximate surface area is 194 Å². The van der Waals surface area contributed by atoms with Crippen LogP contribution in [0.1, 0.15) is 38.0 Å². The van der Waals surface area contributed by atoms with Gasteiger partial charge in [0.1, 0.15) is 17.5 Å². The van der Waals surface area contributed by atoms with Crippen LogP contribution in [0, 0.1) is 0 Å². The number of alkyl halides is 3. The van der Waals surface area contributed by atoms with Crippen molar-refractivity contribution in [2.24, 2.45) is 0 Å². The van der Waals surface area contributed by atoms with E-state index in [9.17, 15) is 28.2 Å². The first-order chi connectivity index (χ1) is 15.9. The standard InChI is InChI=1S/C24H25F3N2O5/c1-23(2,3)34-22(32)29-12-15-11-18(14-6-8-16(9-7-14)33-24(25,26)27)17-5-4-10-28-21(17)20(15)19(31)13-30/h4-11,19,30-31H,12-13H2,1-3H3,(H,29,32). The molecule has 7 nitrogen and oxygen atoms in total. The van der Waals surface area contributed by atoms with E-state index < -0.39 is 30.8 Å². The Morgan fingerprint density at radius 2 is 1.82 bits per heavy atom. The largest absolute Gasteiger partial charge is 0.573 e. The van der Waals surface area contributed by atoms with Gasteiger partial charge in [0.05, 0.1) is 12.1 Å². The van der Waals surface area contributed by atoms with Gasteiger partial charge in [-0.2, -0.15) is 0 Å². The molecule has 0 spiro atoms. The van der Waals surface area contributed by atoms with Gasteiger partial charge in [-0.25, -0.2) is 4.79 Å². The van der Waals surface area contributed by atoms with E-state index in [2.05, 4.69) is 15.0 Å². The van der Waals surface area contributed by atoms with E-state index in [-0.39, 0.29) is 12.3 Å². The number of carbonyl (C=O) groups is 1. The van der Waals surface area contributed by atoms with Gasteiger partial charge < -0.3 is 25.0 Å². The molecule has 3 N–H and O–H groups in total. The zero-order chi connectivity index (χ0) is 25.1. The van der Waals surface area contributed by atoms with Crippen LogP contribution in [-0.4, -0.2) is 39.9 Å². The number of halogens is 3. The third-order valence-electron chi connectivity index (χ3n) is 4.74. The number of alkyl carbamates (subject to hydrolysis) is 1. The second kappa shape index (κ2) is 9.86. The number of rotatable bonds is 6. The maximum Gasteiger partial charge on any atom is 0.573 e. The maximum atomic E-state index is 12.5. The summed E-state index contributed by atoms with van der Waals surface area (Å²) in [4.78, 5) is 16.5. The van der Waals surface area contributed by atoms with Crippen molar-refractivity contribution >= 4 is 17.0 Å². The number of amides is 1. The summed E-state index contributed by atoms with van der Waals surface area (Å²) in [5.41, 5.74) is 1.64. The number of benzene rings is 2. The van der Waals surface area contributed by atoms with Crippen LogP contribution in [0.4, 0.5) is 18.0 Å². The van der Waals surface area contributed by atoms with E-state index in [4.69, 9.17) is 4.74 Å². The van der Waals surface area contributed by atoms with Crippen LogP contribution in [0.25, 0.3) is 22.0 Å². The molecule has 3 rings (SSSR count). The monoisotopic (exact) mass is 478 g/mol. The molecule has 1 amide bonds. The average molecular weight is 478 g/mol. The molecule has 10 heteroatoms. The first-order valence-corrected chi connectivity index (χ1v) is 10.4. The summed E-state index contributed by atoms with van der Waals surface area (Å²) in [5.74, 6) is -0.363. The first-order valence-electron chi connectivity index (χ1n) is 10.4. The molecule has 1 atom stereocenters. The van der Waals surface area contributed by atoms with E-state index in [0.29, 0.717) is 33.2 Å². The molecule has 1 unspecified atom stereocenters. The van der Waals surface area contributed by atoms with Crippen LogP contribution in [-0.2, 0) is 11.3 Å². The molecule has 182 valence electrons. The molecule has 1 heterocycles. The topological polar surface area (TPSA) is 101 Å². The van der Waals surface area contributed by atoms with Crippen LogP contribution in [0.15, 0.2) is 48.7 Å². The molecule has 34 heavy (non-hydrogen) atoms. The Bertz CT molecular complexity index is 1160. The molecule has 0 saturated carbocycles. The average Bonchev–Trinajstić information content (AvgIpc) is 2.74. The molecule has 0 bridgehead atoms. The van der Waals surface area contributed by atoms with Gasteiger partial charge in [-0.1, -0.05) is 18.2 Å². The van der Waals surface area contributed by atoms with Crippen molar-refractivity contribution in [3.05, 3.63) is 59.8 Å². The molecular weight excluding hydrogens is 453 g/mol. The smallest absolute Gasteiger partial charge is 0.444 e. The number of carbonyl (C=O) groups excluding carboxylic acids is 1. The normalized spacial score (nSPS) is 12.9. The van der Waals surface area contributed by atoms with E-state index in [1.807, 2.05) is 0 Å². The molecule has 0 saturated heterocycles. The molecule has 0 aliphatic rings. The summed E-state index contributed by atoms with van der Waals surface area (Å²) in [6, 6.07) is 10.4. The zero-order valence-electron chi connectivity index (χ0n) is 18.8. The van der Waals surface area contributed by atoms with Gasteiger partial charge in [0.15, 0.2) is 0 Å².